The van der Waals surface area contributed by atoms with Gasteiger partial charge >= 0.3 is 0 Å². The summed E-state index contributed by atoms with van der Waals surface area (Å²) in [7, 11) is 0. The van der Waals surface area contributed by atoms with Gasteiger partial charge in [-0.3, -0.25) is 0 Å². The van der Waals surface area contributed by atoms with Crippen LogP contribution in [0.1, 0.15) is 31.3 Å². The molecule has 0 bridgehead atoms. The van der Waals surface area contributed by atoms with E-state index in [1.54, 1.807) is 6.07 Å². The fraction of sp³-hybridized carbons (Fsp3) is 0.636. The Morgan fingerprint density at radius 1 is 1.38 bits per heavy atom. The van der Waals surface area contributed by atoms with Gasteiger partial charge in [0, 0.05) is 17.7 Å². The number of aliphatic hydroxyl groups excluding tert-OH is 2. The van der Waals surface area contributed by atoms with Crippen LogP contribution < -0.4 is 4.74 Å². The summed E-state index contributed by atoms with van der Waals surface area (Å²) in [5.74, 6) is 1.38. The zero-order chi connectivity index (χ0) is 12.1. The molecule has 0 saturated heterocycles. The Morgan fingerprint density at radius 2 is 2.06 bits per heavy atom. The molecule has 90 valence electrons. The molecule has 1 aromatic heterocycles. The van der Waals surface area contributed by atoms with Gasteiger partial charge in [-0.25, -0.2) is 4.98 Å². The van der Waals surface area contributed by atoms with Gasteiger partial charge in [-0.05, 0) is 6.92 Å². The van der Waals surface area contributed by atoms with Crippen molar-refractivity contribution in [1.29, 1.82) is 0 Å². The summed E-state index contributed by atoms with van der Waals surface area (Å²) in [6.45, 7) is 5.58. The Morgan fingerprint density at radius 3 is 2.62 bits per heavy atom. The first-order valence-corrected chi connectivity index (χ1v) is 5.30. The highest BCUT2D eigenvalue weighted by molar-refractivity contribution is 5.16. The molecule has 1 atom stereocenters. The van der Waals surface area contributed by atoms with E-state index >= 15 is 0 Å². The van der Waals surface area contributed by atoms with Crippen molar-refractivity contribution < 1.29 is 14.9 Å². The maximum absolute atomic E-state index is 9.15. The zero-order valence-corrected chi connectivity index (χ0v) is 9.84. The summed E-state index contributed by atoms with van der Waals surface area (Å²) in [6.07, 6.45) is -0.877. The number of hydrogen-bond donors (Lipinski definition) is 2. The molecular formula is C11H18N2O3. The summed E-state index contributed by atoms with van der Waals surface area (Å²) in [5.41, 5.74) is 0.826. The number of aliphatic hydroxyl groups is 2. The third kappa shape index (κ3) is 3.75. The molecule has 5 heteroatoms. The first-order valence-electron chi connectivity index (χ1n) is 5.30. The molecule has 0 aliphatic rings. The van der Waals surface area contributed by atoms with Crippen molar-refractivity contribution >= 4 is 0 Å². The topological polar surface area (TPSA) is 75.5 Å². The van der Waals surface area contributed by atoms with Gasteiger partial charge in [0.25, 0.3) is 0 Å². The first-order chi connectivity index (χ1) is 7.52. The Bertz CT molecular complexity index is 342. The predicted molar refractivity (Wildman–Crippen MR) is 59.4 cm³/mol. The van der Waals surface area contributed by atoms with Crippen molar-refractivity contribution in [2.45, 2.75) is 32.8 Å². The Balaban J connectivity index is 2.72. The minimum atomic E-state index is -0.877. The SMILES string of the molecule is Cc1cc(OCC(O)CO)nc(C(C)C)n1. The van der Waals surface area contributed by atoms with Gasteiger partial charge in [0.1, 0.15) is 18.5 Å². The van der Waals surface area contributed by atoms with Crippen LogP contribution >= 0.6 is 0 Å². The van der Waals surface area contributed by atoms with Crippen molar-refractivity contribution in [3.05, 3.63) is 17.6 Å². The fourth-order valence-electron chi connectivity index (χ4n) is 1.13. The van der Waals surface area contributed by atoms with E-state index in [0.29, 0.717) is 11.7 Å². The van der Waals surface area contributed by atoms with Gasteiger partial charge in [0.2, 0.25) is 5.88 Å². The molecule has 0 aliphatic carbocycles. The normalized spacial score (nSPS) is 12.9. The van der Waals surface area contributed by atoms with Gasteiger partial charge in [-0.1, -0.05) is 13.8 Å². The molecule has 0 saturated carbocycles. The molecule has 1 heterocycles. The minimum absolute atomic E-state index is 0.0322. The molecule has 0 radical (unpaired) electrons. The van der Waals surface area contributed by atoms with Crippen LogP contribution in [0.15, 0.2) is 6.07 Å². The lowest BCUT2D eigenvalue weighted by Crippen LogP contribution is -2.21. The van der Waals surface area contributed by atoms with Gasteiger partial charge in [-0.2, -0.15) is 4.98 Å². The Hall–Kier alpha value is -1.20. The molecule has 0 aliphatic heterocycles. The standard InChI is InChI=1S/C11H18N2O3/c1-7(2)11-12-8(3)4-10(13-11)16-6-9(15)5-14/h4,7,9,14-15H,5-6H2,1-3H3. The van der Waals surface area contributed by atoms with Crippen LogP contribution in [0.4, 0.5) is 0 Å². The molecule has 5 nitrogen and oxygen atoms in total. The molecule has 0 spiro atoms. The maximum atomic E-state index is 9.15. The second kappa shape index (κ2) is 5.77. The van der Waals surface area contributed by atoms with Crippen LogP contribution in [0.5, 0.6) is 5.88 Å². The highest BCUT2D eigenvalue weighted by atomic mass is 16.5. The average molecular weight is 226 g/mol. The van der Waals surface area contributed by atoms with E-state index in [1.807, 2.05) is 20.8 Å². The van der Waals surface area contributed by atoms with E-state index in [2.05, 4.69) is 9.97 Å². The van der Waals surface area contributed by atoms with Crippen LogP contribution in [0.2, 0.25) is 0 Å². The van der Waals surface area contributed by atoms with Gasteiger partial charge in [0.05, 0.1) is 6.61 Å². The van der Waals surface area contributed by atoms with Crippen LogP contribution in [-0.2, 0) is 0 Å². The fourth-order valence-corrected chi connectivity index (χ4v) is 1.13. The number of hydrogen-bond acceptors (Lipinski definition) is 5. The second-order valence-electron chi connectivity index (χ2n) is 4.01. The largest absolute Gasteiger partial charge is 0.475 e. The lowest BCUT2D eigenvalue weighted by molar-refractivity contribution is 0.0519. The third-order valence-corrected chi connectivity index (χ3v) is 2.00. The monoisotopic (exact) mass is 226 g/mol. The minimum Gasteiger partial charge on any atom is -0.475 e. The molecule has 1 aromatic rings. The number of nitrogens with zero attached hydrogens (tertiary/aromatic N) is 2. The van der Waals surface area contributed by atoms with Crippen LogP contribution in [0.3, 0.4) is 0 Å². The number of ether oxygens (including phenoxy) is 1. The summed E-state index contributed by atoms with van der Waals surface area (Å²) < 4.78 is 5.27. The van der Waals surface area contributed by atoms with Crippen LogP contribution in [0, 0.1) is 6.92 Å². The molecular weight excluding hydrogens is 208 g/mol. The van der Waals surface area contributed by atoms with E-state index in [1.165, 1.54) is 0 Å². The third-order valence-electron chi connectivity index (χ3n) is 2.00. The maximum Gasteiger partial charge on any atom is 0.216 e. The van der Waals surface area contributed by atoms with E-state index in [4.69, 9.17) is 14.9 Å². The van der Waals surface area contributed by atoms with Crippen LogP contribution in [-0.4, -0.2) is 39.5 Å². The lowest BCUT2D eigenvalue weighted by atomic mass is 10.2. The van der Waals surface area contributed by atoms with Crippen molar-refractivity contribution in [3.8, 4) is 5.88 Å². The summed E-state index contributed by atoms with van der Waals surface area (Å²) in [5, 5.41) is 17.8. The Kier molecular flexibility index (Phi) is 4.64. The van der Waals surface area contributed by atoms with Crippen molar-refractivity contribution in [1.82, 2.24) is 9.97 Å². The van der Waals surface area contributed by atoms with Gasteiger partial charge < -0.3 is 14.9 Å². The molecule has 0 aromatic carbocycles. The van der Waals surface area contributed by atoms with E-state index < -0.39 is 6.10 Å². The lowest BCUT2D eigenvalue weighted by Gasteiger charge is -2.11. The highest BCUT2D eigenvalue weighted by Gasteiger charge is 2.08. The quantitative estimate of drug-likeness (QED) is 0.770. The molecule has 16 heavy (non-hydrogen) atoms. The molecule has 0 amide bonds. The van der Waals surface area contributed by atoms with Gasteiger partial charge in [0.15, 0.2) is 0 Å². The molecule has 0 fully saturated rings. The predicted octanol–water partition coefficient (Wildman–Crippen LogP) is 0.640. The number of aryl methyl sites for hydroxylation is 1. The van der Waals surface area contributed by atoms with Crippen molar-refractivity contribution in [3.63, 3.8) is 0 Å². The first kappa shape index (κ1) is 12.9. The number of rotatable bonds is 5. The smallest absolute Gasteiger partial charge is 0.216 e. The highest BCUT2D eigenvalue weighted by Crippen LogP contribution is 2.15. The van der Waals surface area contributed by atoms with Crippen molar-refractivity contribution in [2.75, 3.05) is 13.2 Å². The zero-order valence-electron chi connectivity index (χ0n) is 9.84. The summed E-state index contributed by atoms with van der Waals surface area (Å²) in [6, 6.07) is 1.70. The average Bonchev–Trinajstić information content (AvgIpc) is 2.25. The molecule has 1 unspecified atom stereocenters. The van der Waals surface area contributed by atoms with E-state index in [-0.39, 0.29) is 19.1 Å². The molecule has 1 rings (SSSR count). The van der Waals surface area contributed by atoms with Gasteiger partial charge in [-0.15, -0.1) is 0 Å². The van der Waals surface area contributed by atoms with Crippen molar-refractivity contribution in [2.24, 2.45) is 0 Å². The Labute approximate surface area is 95.1 Å². The van der Waals surface area contributed by atoms with Crippen LogP contribution in [0.25, 0.3) is 0 Å². The van der Waals surface area contributed by atoms with E-state index in [0.717, 1.165) is 5.69 Å². The second-order valence-corrected chi connectivity index (χ2v) is 4.01. The summed E-state index contributed by atoms with van der Waals surface area (Å²) in [4.78, 5) is 8.49. The molecule has 2 N–H and O–H groups in total. The summed E-state index contributed by atoms with van der Waals surface area (Å²) >= 11 is 0. The van der Waals surface area contributed by atoms with E-state index in [9.17, 15) is 0 Å². The number of aromatic nitrogens is 2.